The Balaban J connectivity index is 1.75. The highest BCUT2D eigenvalue weighted by Gasteiger charge is 2.44. The van der Waals surface area contributed by atoms with Gasteiger partial charge in [-0.1, -0.05) is 0 Å². The largest absolute Gasteiger partial charge is 0.416 e. The summed E-state index contributed by atoms with van der Waals surface area (Å²) >= 11 is 0. The predicted molar refractivity (Wildman–Crippen MR) is 74.4 cm³/mol. The van der Waals surface area contributed by atoms with Gasteiger partial charge in [-0.25, -0.2) is 4.98 Å². The van der Waals surface area contributed by atoms with E-state index in [9.17, 15) is 22.8 Å². The van der Waals surface area contributed by atoms with Crippen molar-refractivity contribution >= 4 is 11.7 Å². The highest BCUT2D eigenvalue weighted by atomic mass is 19.4. The van der Waals surface area contributed by atoms with Gasteiger partial charge in [-0.05, 0) is 6.92 Å². The third-order valence-electron chi connectivity index (χ3n) is 3.61. The number of aromatic nitrogens is 4. The van der Waals surface area contributed by atoms with Crippen LogP contribution >= 0.6 is 0 Å². The second-order valence-electron chi connectivity index (χ2n) is 5.46. The van der Waals surface area contributed by atoms with Gasteiger partial charge < -0.3 is 9.64 Å². The fraction of sp³-hybridized carbons (Fsp3) is 0.538. The van der Waals surface area contributed by atoms with E-state index in [0.29, 0.717) is 5.69 Å². The fourth-order valence-electron chi connectivity index (χ4n) is 2.44. The molecule has 0 radical (unpaired) electrons. The lowest BCUT2D eigenvalue weighted by atomic mass is 10.2. The average molecular weight is 345 g/mol. The van der Waals surface area contributed by atoms with Crippen LogP contribution in [0.2, 0.25) is 0 Å². The zero-order valence-corrected chi connectivity index (χ0v) is 12.6. The van der Waals surface area contributed by atoms with Crippen LogP contribution in [0.25, 0.3) is 5.78 Å². The maximum absolute atomic E-state index is 12.7. The smallest absolute Gasteiger partial charge is 0.365 e. The molecule has 11 heteroatoms. The number of carbonyl (C=O) groups is 1. The minimum atomic E-state index is -4.52. The molecule has 1 fully saturated rings. The van der Waals surface area contributed by atoms with E-state index in [4.69, 9.17) is 0 Å². The maximum Gasteiger partial charge on any atom is 0.416 e. The number of aromatic amines is 1. The Bertz CT molecular complexity index is 828. The molecule has 1 N–H and O–H groups in total. The van der Waals surface area contributed by atoms with Crippen molar-refractivity contribution < 1.29 is 22.7 Å². The summed E-state index contributed by atoms with van der Waals surface area (Å²) in [5, 5.41) is 2.63. The summed E-state index contributed by atoms with van der Waals surface area (Å²) in [7, 11) is 0. The first-order valence-corrected chi connectivity index (χ1v) is 7.15. The maximum atomic E-state index is 12.7. The lowest BCUT2D eigenvalue weighted by molar-refractivity contribution is -0.236. The van der Waals surface area contributed by atoms with E-state index in [2.05, 4.69) is 19.8 Å². The van der Waals surface area contributed by atoms with E-state index in [0.717, 1.165) is 9.42 Å². The average Bonchev–Trinajstić information content (AvgIpc) is 2.89. The van der Waals surface area contributed by atoms with Crippen molar-refractivity contribution in [2.45, 2.75) is 25.6 Å². The highest BCUT2D eigenvalue weighted by molar-refractivity contribution is 5.78. The van der Waals surface area contributed by atoms with Crippen LogP contribution in [0, 0.1) is 6.92 Å². The summed E-state index contributed by atoms with van der Waals surface area (Å²) in [4.78, 5) is 33.1. The van der Waals surface area contributed by atoms with Crippen LogP contribution in [0.1, 0.15) is 11.5 Å². The lowest BCUT2D eigenvalue weighted by Gasteiger charge is -2.33. The molecule has 8 nitrogen and oxygen atoms in total. The summed E-state index contributed by atoms with van der Waals surface area (Å²) in [6.07, 6.45) is -6.77. The summed E-state index contributed by atoms with van der Waals surface area (Å²) in [5.74, 6) is -0.264. The Morgan fingerprint density at radius 1 is 1.46 bits per heavy atom. The van der Waals surface area contributed by atoms with E-state index in [1.165, 1.54) is 6.07 Å². The van der Waals surface area contributed by atoms with Gasteiger partial charge in [-0.3, -0.25) is 14.7 Å². The standard InChI is InChI=1S/C13H14F3N5O3/c1-7-4-11(23)21-12(17-7)18-9(19-21)5-10(22)20-2-3-24-8(6-20)13(14,15)16/h4,8H,2-3,5-6H2,1H3,(H,17,18,19). The van der Waals surface area contributed by atoms with Gasteiger partial charge in [0, 0.05) is 18.3 Å². The zero-order chi connectivity index (χ0) is 17.5. The van der Waals surface area contributed by atoms with Gasteiger partial charge >= 0.3 is 6.18 Å². The number of fused-ring (bicyclic) bond motifs is 1. The Morgan fingerprint density at radius 3 is 2.92 bits per heavy atom. The van der Waals surface area contributed by atoms with E-state index < -0.39 is 24.7 Å². The molecule has 0 spiro atoms. The number of halogens is 3. The van der Waals surface area contributed by atoms with Gasteiger partial charge in [0.2, 0.25) is 5.91 Å². The summed E-state index contributed by atoms with van der Waals surface area (Å²) < 4.78 is 43.8. The van der Waals surface area contributed by atoms with Crippen molar-refractivity contribution in [3.05, 3.63) is 27.9 Å². The normalized spacial score (nSPS) is 19.0. The Hall–Kier alpha value is -2.43. The summed E-state index contributed by atoms with van der Waals surface area (Å²) in [6.45, 7) is 0.963. The van der Waals surface area contributed by atoms with Gasteiger partial charge in [0.15, 0.2) is 6.10 Å². The van der Waals surface area contributed by atoms with Crippen molar-refractivity contribution in [3.63, 3.8) is 0 Å². The molecule has 1 aliphatic rings. The Morgan fingerprint density at radius 2 is 2.21 bits per heavy atom. The molecule has 1 unspecified atom stereocenters. The second kappa shape index (κ2) is 5.89. The number of aryl methyl sites for hydroxylation is 1. The molecule has 1 amide bonds. The molecule has 2 aromatic heterocycles. The van der Waals surface area contributed by atoms with Gasteiger partial charge in [-0.2, -0.15) is 22.7 Å². The summed E-state index contributed by atoms with van der Waals surface area (Å²) in [6, 6.07) is 1.30. The molecule has 2 aromatic rings. The topological polar surface area (TPSA) is 92.6 Å². The quantitative estimate of drug-likeness (QED) is 0.831. The molecule has 0 aliphatic carbocycles. The van der Waals surface area contributed by atoms with Crippen LogP contribution in [-0.2, 0) is 16.0 Å². The molecule has 24 heavy (non-hydrogen) atoms. The van der Waals surface area contributed by atoms with E-state index in [-0.39, 0.29) is 36.7 Å². The molecule has 0 saturated carbocycles. The predicted octanol–water partition coefficient (Wildman–Crippen LogP) is 0.0582. The number of ether oxygens (including phenoxy) is 1. The first-order valence-electron chi connectivity index (χ1n) is 7.15. The number of hydrogen-bond acceptors (Lipinski definition) is 5. The number of carbonyl (C=O) groups excluding carboxylic acids is 1. The van der Waals surface area contributed by atoms with E-state index >= 15 is 0 Å². The lowest BCUT2D eigenvalue weighted by Crippen LogP contribution is -2.51. The number of rotatable bonds is 2. The zero-order valence-electron chi connectivity index (χ0n) is 12.6. The van der Waals surface area contributed by atoms with Gasteiger partial charge in [0.1, 0.15) is 5.82 Å². The van der Waals surface area contributed by atoms with Crippen molar-refractivity contribution in [2.75, 3.05) is 19.7 Å². The second-order valence-corrected chi connectivity index (χ2v) is 5.46. The number of hydrogen-bond donors (Lipinski definition) is 1. The number of alkyl halides is 3. The van der Waals surface area contributed by atoms with Gasteiger partial charge in [-0.15, -0.1) is 0 Å². The first kappa shape index (κ1) is 16.4. The number of nitrogens with zero attached hydrogens (tertiary/aromatic N) is 4. The van der Waals surface area contributed by atoms with Crippen LogP contribution < -0.4 is 5.56 Å². The minimum absolute atomic E-state index is 0.0724. The number of amides is 1. The molecule has 130 valence electrons. The number of nitrogens with one attached hydrogen (secondary N) is 1. The molecule has 1 atom stereocenters. The molecule has 0 aromatic carbocycles. The van der Waals surface area contributed by atoms with Gasteiger partial charge in [0.25, 0.3) is 11.3 Å². The number of H-pyrrole nitrogens is 1. The third-order valence-corrected chi connectivity index (χ3v) is 3.61. The van der Waals surface area contributed by atoms with Crippen LogP contribution in [0.5, 0.6) is 0 Å². The van der Waals surface area contributed by atoms with Crippen LogP contribution in [0.15, 0.2) is 10.9 Å². The molecule has 1 saturated heterocycles. The van der Waals surface area contributed by atoms with E-state index in [1.807, 2.05) is 0 Å². The summed E-state index contributed by atoms with van der Waals surface area (Å²) in [5.41, 5.74) is 0.0952. The monoisotopic (exact) mass is 345 g/mol. The molecule has 0 bridgehead atoms. The van der Waals surface area contributed by atoms with Crippen molar-refractivity contribution in [1.82, 2.24) is 24.5 Å². The molecular weight excluding hydrogens is 331 g/mol. The Labute approximate surface area is 133 Å². The molecule has 3 heterocycles. The SMILES string of the molecule is Cc1cc(=O)n2[nH]c(CC(=O)N3CCOC(C(F)(F)F)C3)nc2n1. The fourth-order valence-corrected chi connectivity index (χ4v) is 2.44. The molecular formula is C13H14F3N5O3. The highest BCUT2D eigenvalue weighted by Crippen LogP contribution is 2.25. The van der Waals surface area contributed by atoms with Crippen LogP contribution in [0.4, 0.5) is 13.2 Å². The van der Waals surface area contributed by atoms with Crippen molar-refractivity contribution in [3.8, 4) is 0 Å². The van der Waals surface area contributed by atoms with Gasteiger partial charge in [0.05, 0.1) is 19.6 Å². The van der Waals surface area contributed by atoms with Crippen LogP contribution in [0.3, 0.4) is 0 Å². The van der Waals surface area contributed by atoms with Crippen LogP contribution in [-0.4, -0.2) is 62.4 Å². The Kier molecular flexibility index (Phi) is 4.03. The van der Waals surface area contributed by atoms with E-state index in [1.54, 1.807) is 6.92 Å². The van der Waals surface area contributed by atoms with Crippen molar-refractivity contribution in [1.29, 1.82) is 0 Å². The van der Waals surface area contributed by atoms with Crippen molar-refractivity contribution in [2.24, 2.45) is 0 Å². The molecule has 1 aliphatic heterocycles. The first-order chi connectivity index (χ1) is 11.2. The third kappa shape index (κ3) is 3.25. The number of morpholine rings is 1. The molecule has 3 rings (SSSR count). The minimum Gasteiger partial charge on any atom is -0.365 e.